The molecule has 20 heavy (non-hydrogen) atoms. The minimum Gasteiger partial charge on any atom is -0.356 e. The van der Waals surface area contributed by atoms with Crippen LogP contribution in [0.25, 0.3) is 0 Å². The summed E-state index contributed by atoms with van der Waals surface area (Å²) in [6.45, 7) is 13.8. The van der Waals surface area contributed by atoms with Gasteiger partial charge in [0.2, 0.25) is 0 Å². The fourth-order valence-corrected chi connectivity index (χ4v) is 2.33. The Morgan fingerprint density at radius 3 is 2.60 bits per heavy atom. The van der Waals surface area contributed by atoms with E-state index in [0.717, 1.165) is 24.7 Å². The highest BCUT2D eigenvalue weighted by Crippen LogP contribution is 2.46. The third-order valence-electron chi connectivity index (χ3n) is 4.43. The van der Waals surface area contributed by atoms with Crippen LogP contribution < -0.4 is 5.32 Å². The van der Waals surface area contributed by atoms with Gasteiger partial charge in [-0.2, -0.15) is 5.10 Å². The van der Waals surface area contributed by atoms with Gasteiger partial charge in [-0.3, -0.25) is 5.10 Å². The monoisotopic (exact) mass is 391 g/mol. The van der Waals surface area contributed by atoms with Gasteiger partial charge in [-0.1, -0.05) is 13.8 Å². The van der Waals surface area contributed by atoms with Gasteiger partial charge in [-0.15, -0.1) is 24.0 Å². The standard InChI is InChI=1S/C14H25N5.HI/c1-6-15-12(16-9-11-7-8-17-18-11)19-10-13(2,3)14(19,4)5;/h7-8H,6,9-10H2,1-5H3,(H,15,16)(H,17,18);1H. The highest BCUT2D eigenvalue weighted by atomic mass is 127. The van der Waals surface area contributed by atoms with Crippen molar-refractivity contribution in [3.8, 4) is 0 Å². The summed E-state index contributed by atoms with van der Waals surface area (Å²) in [5.74, 6) is 0.987. The fraction of sp³-hybridized carbons (Fsp3) is 0.714. The van der Waals surface area contributed by atoms with Crippen molar-refractivity contribution in [2.75, 3.05) is 13.1 Å². The molecule has 5 nitrogen and oxygen atoms in total. The van der Waals surface area contributed by atoms with Gasteiger partial charge in [-0.05, 0) is 26.8 Å². The maximum absolute atomic E-state index is 4.70. The van der Waals surface area contributed by atoms with Gasteiger partial charge in [0, 0.05) is 30.2 Å². The summed E-state index contributed by atoms with van der Waals surface area (Å²) in [7, 11) is 0. The minimum atomic E-state index is 0. The summed E-state index contributed by atoms with van der Waals surface area (Å²) in [4.78, 5) is 7.05. The molecular weight excluding hydrogens is 365 g/mol. The molecule has 0 unspecified atom stereocenters. The fourth-order valence-electron chi connectivity index (χ4n) is 2.33. The number of aliphatic imine (C=N–C) groups is 1. The molecule has 0 amide bonds. The molecule has 0 bridgehead atoms. The molecule has 1 saturated heterocycles. The van der Waals surface area contributed by atoms with E-state index >= 15 is 0 Å². The second kappa shape index (κ2) is 6.32. The number of H-pyrrole nitrogens is 1. The number of likely N-dealkylation sites (tertiary alicyclic amines) is 1. The molecule has 0 radical (unpaired) electrons. The molecule has 2 heterocycles. The summed E-state index contributed by atoms with van der Waals surface area (Å²) in [5.41, 5.74) is 1.48. The van der Waals surface area contributed by atoms with Crippen molar-refractivity contribution >= 4 is 29.9 Å². The average molecular weight is 391 g/mol. The first-order valence-electron chi connectivity index (χ1n) is 6.92. The van der Waals surface area contributed by atoms with Crippen molar-refractivity contribution < 1.29 is 0 Å². The molecule has 1 aromatic rings. The molecule has 0 atom stereocenters. The van der Waals surface area contributed by atoms with E-state index in [9.17, 15) is 0 Å². The first-order valence-corrected chi connectivity index (χ1v) is 6.92. The number of rotatable bonds is 3. The first-order chi connectivity index (χ1) is 8.88. The lowest BCUT2D eigenvalue weighted by atomic mass is 9.65. The highest BCUT2D eigenvalue weighted by molar-refractivity contribution is 14.0. The van der Waals surface area contributed by atoms with Gasteiger partial charge in [-0.25, -0.2) is 4.99 Å². The van der Waals surface area contributed by atoms with Crippen LogP contribution in [0.15, 0.2) is 17.3 Å². The van der Waals surface area contributed by atoms with Crippen molar-refractivity contribution in [2.45, 2.75) is 46.7 Å². The van der Waals surface area contributed by atoms with Crippen LogP contribution in [0.5, 0.6) is 0 Å². The quantitative estimate of drug-likeness (QED) is 0.473. The number of aromatic amines is 1. The lowest BCUT2D eigenvalue weighted by Crippen LogP contribution is -2.72. The Balaban J connectivity index is 0.00000200. The SMILES string of the molecule is CCNC(=NCc1ccn[nH]1)N1CC(C)(C)C1(C)C.I. The maximum atomic E-state index is 4.70. The van der Waals surface area contributed by atoms with Crippen LogP contribution in [0, 0.1) is 5.41 Å². The van der Waals surface area contributed by atoms with Gasteiger partial charge in [0.1, 0.15) is 0 Å². The molecule has 1 aliphatic rings. The lowest BCUT2D eigenvalue weighted by Gasteiger charge is -2.62. The van der Waals surface area contributed by atoms with E-state index in [1.54, 1.807) is 6.20 Å². The molecule has 114 valence electrons. The van der Waals surface area contributed by atoms with Crippen molar-refractivity contribution in [1.29, 1.82) is 0 Å². The Labute approximate surface area is 138 Å². The third kappa shape index (κ3) is 3.10. The van der Waals surface area contributed by atoms with E-state index in [2.05, 4.69) is 55.0 Å². The Kier molecular flexibility index (Phi) is 5.46. The lowest BCUT2D eigenvalue weighted by molar-refractivity contribution is -0.0667. The molecule has 1 aliphatic heterocycles. The molecule has 2 rings (SSSR count). The summed E-state index contributed by atoms with van der Waals surface area (Å²) >= 11 is 0. The van der Waals surface area contributed by atoms with Crippen molar-refractivity contribution in [3.63, 3.8) is 0 Å². The van der Waals surface area contributed by atoms with Crippen LogP contribution >= 0.6 is 24.0 Å². The van der Waals surface area contributed by atoms with Crippen LogP contribution in [0.1, 0.15) is 40.3 Å². The van der Waals surface area contributed by atoms with Crippen molar-refractivity contribution in [2.24, 2.45) is 10.4 Å². The number of guanidine groups is 1. The number of halogens is 1. The van der Waals surface area contributed by atoms with Gasteiger partial charge in [0.15, 0.2) is 5.96 Å². The van der Waals surface area contributed by atoms with Crippen LogP contribution in [0.4, 0.5) is 0 Å². The van der Waals surface area contributed by atoms with Crippen LogP contribution in [-0.4, -0.2) is 39.7 Å². The molecule has 0 saturated carbocycles. The Hall–Kier alpha value is -0.790. The van der Waals surface area contributed by atoms with Gasteiger partial charge < -0.3 is 10.2 Å². The van der Waals surface area contributed by atoms with Crippen molar-refractivity contribution in [3.05, 3.63) is 18.0 Å². The zero-order chi connectivity index (χ0) is 14.1. The van der Waals surface area contributed by atoms with E-state index in [1.165, 1.54) is 0 Å². The predicted molar refractivity (Wildman–Crippen MR) is 93.4 cm³/mol. The van der Waals surface area contributed by atoms with E-state index in [4.69, 9.17) is 4.99 Å². The number of nitrogens with zero attached hydrogens (tertiary/aromatic N) is 3. The Morgan fingerprint density at radius 1 is 1.45 bits per heavy atom. The summed E-state index contributed by atoms with van der Waals surface area (Å²) in [6.07, 6.45) is 1.76. The number of hydrogen-bond donors (Lipinski definition) is 2. The normalized spacial score (nSPS) is 20.1. The Bertz CT molecular complexity index is 450. The van der Waals surface area contributed by atoms with Gasteiger partial charge >= 0.3 is 0 Å². The molecule has 1 fully saturated rings. The van der Waals surface area contributed by atoms with Crippen LogP contribution in [0.2, 0.25) is 0 Å². The molecular formula is C14H26IN5. The summed E-state index contributed by atoms with van der Waals surface area (Å²) in [5, 5.41) is 10.3. The number of aromatic nitrogens is 2. The molecule has 6 heteroatoms. The van der Waals surface area contributed by atoms with E-state index in [0.29, 0.717) is 12.0 Å². The maximum Gasteiger partial charge on any atom is 0.194 e. The molecule has 0 aliphatic carbocycles. The summed E-state index contributed by atoms with van der Waals surface area (Å²) < 4.78 is 0. The topological polar surface area (TPSA) is 56.3 Å². The van der Waals surface area contributed by atoms with E-state index in [-0.39, 0.29) is 29.5 Å². The second-order valence-electron chi connectivity index (χ2n) is 6.28. The largest absolute Gasteiger partial charge is 0.356 e. The second-order valence-corrected chi connectivity index (χ2v) is 6.28. The van der Waals surface area contributed by atoms with Crippen LogP contribution in [-0.2, 0) is 6.54 Å². The number of nitrogens with one attached hydrogen (secondary N) is 2. The Morgan fingerprint density at radius 2 is 2.15 bits per heavy atom. The van der Waals surface area contributed by atoms with E-state index < -0.39 is 0 Å². The van der Waals surface area contributed by atoms with E-state index in [1.807, 2.05) is 6.07 Å². The zero-order valence-corrected chi connectivity index (χ0v) is 15.4. The zero-order valence-electron chi connectivity index (χ0n) is 13.0. The van der Waals surface area contributed by atoms with Gasteiger partial charge in [0.25, 0.3) is 0 Å². The minimum absolute atomic E-state index is 0. The van der Waals surface area contributed by atoms with Crippen LogP contribution in [0.3, 0.4) is 0 Å². The van der Waals surface area contributed by atoms with Crippen molar-refractivity contribution in [1.82, 2.24) is 20.4 Å². The first kappa shape index (κ1) is 17.3. The average Bonchev–Trinajstić information content (AvgIpc) is 2.85. The third-order valence-corrected chi connectivity index (χ3v) is 4.43. The smallest absolute Gasteiger partial charge is 0.194 e. The predicted octanol–water partition coefficient (Wildman–Crippen LogP) is 2.61. The molecule has 0 aromatic carbocycles. The highest BCUT2D eigenvalue weighted by Gasteiger charge is 2.53. The van der Waals surface area contributed by atoms with Gasteiger partial charge in [0.05, 0.1) is 12.2 Å². The number of hydrogen-bond acceptors (Lipinski definition) is 2. The molecule has 0 spiro atoms. The molecule has 1 aromatic heterocycles. The molecule has 2 N–H and O–H groups in total. The summed E-state index contributed by atoms with van der Waals surface area (Å²) in [6, 6.07) is 1.96.